The molecular formula is C18H29N5O2. The van der Waals surface area contributed by atoms with E-state index in [1.807, 2.05) is 36.4 Å². The Bertz CT molecular complexity index is 642. The van der Waals surface area contributed by atoms with E-state index in [1.165, 1.54) is 6.42 Å². The van der Waals surface area contributed by atoms with Crippen LogP contribution < -0.4 is 10.6 Å². The van der Waals surface area contributed by atoms with Crippen LogP contribution in [0.15, 0.2) is 6.07 Å². The van der Waals surface area contributed by atoms with E-state index in [4.69, 9.17) is 0 Å². The summed E-state index contributed by atoms with van der Waals surface area (Å²) in [5.74, 6) is 0.529. The van der Waals surface area contributed by atoms with E-state index in [9.17, 15) is 9.59 Å². The molecule has 2 N–H and O–H groups in total. The molecule has 0 saturated heterocycles. The zero-order chi connectivity index (χ0) is 18.0. The molecule has 0 aromatic carbocycles. The van der Waals surface area contributed by atoms with Crippen molar-refractivity contribution in [1.82, 2.24) is 25.3 Å². The molecule has 1 aliphatic carbocycles. The third-order valence-electron chi connectivity index (χ3n) is 4.75. The van der Waals surface area contributed by atoms with Crippen molar-refractivity contribution in [3.05, 3.63) is 17.5 Å². The van der Waals surface area contributed by atoms with Crippen LogP contribution in [0.4, 0.5) is 4.79 Å². The van der Waals surface area contributed by atoms with E-state index < -0.39 is 0 Å². The number of nitrogens with one attached hydrogen (secondary N) is 2. The first-order chi connectivity index (χ1) is 11.8. The number of hydrogen-bond acceptors (Lipinski definition) is 3. The quantitative estimate of drug-likeness (QED) is 0.878. The highest BCUT2D eigenvalue weighted by Gasteiger charge is 2.30. The highest BCUT2D eigenvalue weighted by molar-refractivity contribution is 5.79. The van der Waals surface area contributed by atoms with Gasteiger partial charge in [0.15, 0.2) is 0 Å². The SMILES string of the molecule is CC(C)(C)NC(=O)NCc1cc2n(n1)CCCN(C(=O)C1CCC1)C2. The van der Waals surface area contributed by atoms with E-state index in [2.05, 4.69) is 15.7 Å². The molecular weight excluding hydrogens is 318 g/mol. The van der Waals surface area contributed by atoms with Gasteiger partial charge in [-0.25, -0.2) is 4.79 Å². The summed E-state index contributed by atoms with van der Waals surface area (Å²) in [6.07, 6.45) is 4.17. The van der Waals surface area contributed by atoms with Crippen LogP contribution >= 0.6 is 0 Å². The lowest BCUT2D eigenvalue weighted by atomic mass is 9.84. The van der Waals surface area contributed by atoms with E-state index >= 15 is 0 Å². The van der Waals surface area contributed by atoms with Crippen molar-refractivity contribution < 1.29 is 9.59 Å². The Morgan fingerprint density at radius 1 is 1.24 bits per heavy atom. The Balaban J connectivity index is 1.59. The second kappa shape index (κ2) is 7.06. The number of rotatable bonds is 3. The van der Waals surface area contributed by atoms with Crippen molar-refractivity contribution in [3.8, 4) is 0 Å². The van der Waals surface area contributed by atoms with Gasteiger partial charge < -0.3 is 15.5 Å². The monoisotopic (exact) mass is 347 g/mol. The van der Waals surface area contributed by atoms with Gasteiger partial charge in [-0.3, -0.25) is 9.48 Å². The van der Waals surface area contributed by atoms with Crippen LogP contribution in [0.25, 0.3) is 0 Å². The van der Waals surface area contributed by atoms with Crippen LogP contribution in [-0.4, -0.2) is 38.7 Å². The minimum absolute atomic E-state index is 0.197. The van der Waals surface area contributed by atoms with Crippen LogP contribution in [0.1, 0.15) is 57.8 Å². The average Bonchev–Trinajstić information content (AvgIpc) is 2.72. The van der Waals surface area contributed by atoms with Crippen LogP contribution in [0.5, 0.6) is 0 Å². The standard InChI is InChI=1S/C18H29N5O2/c1-18(2,3)20-17(25)19-11-14-10-15-12-22(8-5-9-23(15)21-14)16(24)13-6-4-7-13/h10,13H,4-9,11-12H2,1-3H3,(H2,19,20,25). The van der Waals surface area contributed by atoms with E-state index in [1.54, 1.807) is 0 Å². The number of hydrogen-bond donors (Lipinski definition) is 2. The minimum Gasteiger partial charge on any atom is -0.337 e. The number of carbonyl (C=O) groups excluding carboxylic acids is 2. The van der Waals surface area contributed by atoms with Gasteiger partial charge in [-0.2, -0.15) is 5.10 Å². The lowest BCUT2D eigenvalue weighted by Gasteiger charge is -2.30. The topological polar surface area (TPSA) is 79.3 Å². The molecule has 3 amide bonds. The number of nitrogens with zero attached hydrogens (tertiary/aromatic N) is 3. The van der Waals surface area contributed by atoms with Crippen LogP contribution in [0, 0.1) is 5.92 Å². The first-order valence-corrected chi connectivity index (χ1v) is 9.22. The fourth-order valence-corrected chi connectivity index (χ4v) is 3.27. The molecule has 7 heteroatoms. The van der Waals surface area contributed by atoms with Crippen LogP contribution in [0.3, 0.4) is 0 Å². The average molecular weight is 347 g/mol. The number of amides is 3. The minimum atomic E-state index is -0.266. The van der Waals surface area contributed by atoms with Gasteiger partial charge in [-0.05, 0) is 46.1 Å². The molecule has 0 unspecified atom stereocenters. The Hall–Kier alpha value is -2.05. The summed E-state index contributed by atoms with van der Waals surface area (Å²) in [6, 6.07) is 1.81. The third-order valence-corrected chi connectivity index (χ3v) is 4.75. The highest BCUT2D eigenvalue weighted by atomic mass is 16.2. The van der Waals surface area contributed by atoms with Gasteiger partial charge in [0.2, 0.25) is 5.91 Å². The molecule has 1 fully saturated rings. The summed E-state index contributed by atoms with van der Waals surface area (Å²) in [4.78, 5) is 26.4. The van der Waals surface area contributed by atoms with Gasteiger partial charge in [-0.1, -0.05) is 6.42 Å². The number of fused-ring (bicyclic) bond motifs is 1. The van der Waals surface area contributed by atoms with Crippen molar-refractivity contribution in [2.75, 3.05) is 6.54 Å². The second-order valence-electron chi connectivity index (χ2n) is 8.15. The van der Waals surface area contributed by atoms with Crippen molar-refractivity contribution in [2.24, 2.45) is 5.92 Å². The normalized spacial score (nSPS) is 18.1. The lowest BCUT2D eigenvalue weighted by molar-refractivity contribution is -0.138. The number of urea groups is 1. The smallest absolute Gasteiger partial charge is 0.315 e. The highest BCUT2D eigenvalue weighted by Crippen LogP contribution is 2.29. The zero-order valence-corrected chi connectivity index (χ0v) is 15.5. The van der Waals surface area contributed by atoms with E-state index in [0.717, 1.165) is 43.7 Å². The molecule has 2 heterocycles. The molecule has 1 saturated carbocycles. The fourth-order valence-electron chi connectivity index (χ4n) is 3.27. The maximum Gasteiger partial charge on any atom is 0.315 e. The summed E-state index contributed by atoms with van der Waals surface area (Å²) in [5.41, 5.74) is 1.62. The molecule has 3 rings (SSSR count). The predicted octanol–water partition coefficient (Wildman–Crippen LogP) is 2.01. The Kier molecular flexibility index (Phi) is 5.01. The molecule has 0 bridgehead atoms. The van der Waals surface area contributed by atoms with Gasteiger partial charge in [0, 0.05) is 24.5 Å². The Morgan fingerprint density at radius 2 is 2.00 bits per heavy atom. The molecule has 25 heavy (non-hydrogen) atoms. The summed E-state index contributed by atoms with van der Waals surface area (Å²) in [7, 11) is 0. The van der Waals surface area contributed by atoms with Gasteiger partial charge in [-0.15, -0.1) is 0 Å². The maximum atomic E-state index is 12.5. The summed E-state index contributed by atoms with van der Waals surface area (Å²) in [5, 5.41) is 10.3. The van der Waals surface area contributed by atoms with Crippen molar-refractivity contribution >= 4 is 11.9 Å². The van der Waals surface area contributed by atoms with Crippen LogP contribution in [-0.2, 0) is 24.4 Å². The third kappa shape index (κ3) is 4.52. The number of aromatic nitrogens is 2. The van der Waals surface area contributed by atoms with Crippen LogP contribution in [0.2, 0.25) is 0 Å². The molecule has 1 aromatic rings. The molecule has 1 aromatic heterocycles. The first kappa shape index (κ1) is 17.8. The molecule has 1 aliphatic heterocycles. The Labute approximate surface area is 149 Å². The second-order valence-corrected chi connectivity index (χ2v) is 8.15. The van der Waals surface area contributed by atoms with Gasteiger partial charge in [0.1, 0.15) is 0 Å². The van der Waals surface area contributed by atoms with Gasteiger partial charge in [0.25, 0.3) is 0 Å². The Morgan fingerprint density at radius 3 is 2.64 bits per heavy atom. The van der Waals surface area contributed by atoms with E-state index in [0.29, 0.717) is 19.0 Å². The van der Waals surface area contributed by atoms with Crippen molar-refractivity contribution in [1.29, 1.82) is 0 Å². The number of aryl methyl sites for hydroxylation is 1. The van der Waals surface area contributed by atoms with Gasteiger partial charge >= 0.3 is 6.03 Å². The summed E-state index contributed by atoms with van der Waals surface area (Å²) >= 11 is 0. The first-order valence-electron chi connectivity index (χ1n) is 9.22. The van der Waals surface area contributed by atoms with Crippen molar-refractivity contribution in [3.63, 3.8) is 0 Å². The van der Waals surface area contributed by atoms with Crippen molar-refractivity contribution in [2.45, 2.75) is 71.6 Å². The summed E-state index contributed by atoms with van der Waals surface area (Å²) in [6.45, 7) is 8.46. The summed E-state index contributed by atoms with van der Waals surface area (Å²) < 4.78 is 1.98. The molecule has 0 radical (unpaired) electrons. The largest absolute Gasteiger partial charge is 0.337 e. The lowest BCUT2D eigenvalue weighted by Crippen LogP contribution is -2.46. The predicted molar refractivity (Wildman–Crippen MR) is 94.7 cm³/mol. The molecule has 7 nitrogen and oxygen atoms in total. The molecule has 0 atom stereocenters. The zero-order valence-electron chi connectivity index (χ0n) is 15.5. The maximum absolute atomic E-state index is 12.5. The molecule has 2 aliphatic rings. The van der Waals surface area contributed by atoms with E-state index in [-0.39, 0.29) is 17.5 Å². The molecule has 138 valence electrons. The van der Waals surface area contributed by atoms with Gasteiger partial charge in [0.05, 0.1) is 24.5 Å². The number of carbonyl (C=O) groups is 2. The molecule has 0 spiro atoms. The fraction of sp³-hybridized carbons (Fsp3) is 0.722.